The lowest BCUT2D eigenvalue weighted by molar-refractivity contribution is 0.102. The first kappa shape index (κ1) is 15.6. The SMILES string of the molecule is N=C(Nc1cccc(Cl)c1)c1nonc1NC(=O)c1ccncc1. The molecule has 0 spiro atoms. The first-order chi connectivity index (χ1) is 11.6. The van der Waals surface area contributed by atoms with E-state index >= 15 is 0 Å². The van der Waals surface area contributed by atoms with Gasteiger partial charge in [-0.25, -0.2) is 4.63 Å². The fraction of sp³-hybridized carbons (Fsp3) is 0. The van der Waals surface area contributed by atoms with Crippen molar-refractivity contribution < 1.29 is 9.42 Å². The Labute approximate surface area is 141 Å². The quantitative estimate of drug-likeness (QED) is 0.496. The van der Waals surface area contributed by atoms with Gasteiger partial charge < -0.3 is 10.6 Å². The van der Waals surface area contributed by atoms with Crippen molar-refractivity contribution in [2.75, 3.05) is 10.6 Å². The minimum absolute atomic E-state index is 0.0383. The summed E-state index contributed by atoms with van der Waals surface area (Å²) < 4.78 is 4.63. The van der Waals surface area contributed by atoms with Gasteiger partial charge in [0.2, 0.25) is 5.82 Å². The van der Waals surface area contributed by atoms with E-state index in [0.29, 0.717) is 16.3 Å². The first-order valence-electron chi connectivity index (χ1n) is 6.79. The van der Waals surface area contributed by atoms with Crippen molar-refractivity contribution in [3.05, 3.63) is 65.1 Å². The Bertz CT molecular complexity index is 880. The van der Waals surface area contributed by atoms with Crippen molar-refractivity contribution in [2.45, 2.75) is 0 Å². The van der Waals surface area contributed by atoms with E-state index in [9.17, 15) is 4.79 Å². The maximum absolute atomic E-state index is 12.1. The largest absolute Gasteiger partial charge is 0.339 e. The molecule has 0 aliphatic heterocycles. The van der Waals surface area contributed by atoms with E-state index in [2.05, 4.69) is 30.6 Å². The average molecular weight is 343 g/mol. The van der Waals surface area contributed by atoms with Crippen molar-refractivity contribution in [3.8, 4) is 0 Å². The molecule has 0 saturated heterocycles. The molecule has 0 aliphatic carbocycles. The van der Waals surface area contributed by atoms with Crippen LogP contribution in [-0.2, 0) is 0 Å². The maximum atomic E-state index is 12.1. The second kappa shape index (κ2) is 6.88. The van der Waals surface area contributed by atoms with Crippen LogP contribution < -0.4 is 10.6 Å². The number of hydrogen-bond acceptors (Lipinski definition) is 6. The zero-order valence-electron chi connectivity index (χ0n) is 12.2. The Hall–Kier alpha value is -3.26. The van der Waals surface area contributed by atoms with Crippen LogP contribution in [0.25, 0.3) is 0 Å². The molecule has 3 N–H and O–H groups in total. The zero-order chi connectivity index (χ0) is 16.9. The van der Waals surface area contributed by atoms with Crippen molar-refractivity contribution in [3.63, 3.8) is 0 Å². The lowest BCUT2D eigenvalue weighted by Crippen LogP contribution is -2.18. The third kappa shape index (κ3) is 3.55. The minimum atomic E-state index is -0.412. The number of amidine groups is 1. The van der Waals surface area contributed by atoms with Gasteiger partial charge in [-0.05, 0) is 40.6 Å². The van der Waals surface area contributed by atoms with Crippen molar-refractivity contribution in [1.82, 2.24) is 15.3 Å². The molecule has 0 saturated carbocycles. The molecule has 0 unspecified atom stereocenters. The molecule has 0 fully saturated rings. The van der Waals surface area contributed by atoms with Gasteiger partial charge in [0.25, 0.3) is 5.91 Å². The number of rotatable bonds is 4. The van der Waals surface area contributed by atoms with E-state index in [0.717, 1.165) is 0 Å². The highest BCUT2D eigenvalue weighted by molar-refractivity contribution is 6.31. The van der Waals surface area contributed by atoms with E-state index < -0.39 is 5.91 Å². The van der Waals surface area contributed by atoms with Crippen molar-refractivity contribution in [2.24, 2.45) is 0 Å². The highest BCUT2D eigenvalue weighted by atomic mass is 35.5. The van der Waals surface area contributed by atoms with Gasteiger partial charge in [0.1, 0.15) is 0 Å². The molecule has 0 radical (unpaired) electrons. The van der Waals surface area contributed by atoms with Crippen LogP contribution in [0.5, 0.6) is 0 Å². The molecule has 1 aromatic carbocycles. The van der Waals surface area contributed by atoms with E-state index in [-0.39, 0.29) is 17.3 Å². The molecule has 2 heterocycles. The molecular formula is C15H11ClN6O2. The van der Waals surface area contributed by atoms with Gasteiger partial charge in [-0.3, -0.25) is 15.2 Å². The van der Waals surface area contributed by atoms with Crippen molar-refractivity contribution >= 4 is 34.8 Å². The standard InChI is InChI=1S/C15H11ClN6O2/c16-10-2-1-3-11(8-10)19-13(17)12-14(22-24-21-12)20-15(23)9-4-6-18-7-5-9/h1-8H,(H2,17,19)(H,20,22,23). The Morgan fingerprint density at radius 3 is 2.67 bits per heavy atom. The fourth-order valence-corrected chi connectivity index (χ4v) is 2.08. The van der Waals surface area contributed by atoms with Crippen LogP contribution in [0.4, 0.5) is 11.5 Å². The number of nitrogens with one attached hydrogen (secondary N) is 3. The summed E-state index contributed by atoms with van der Waals surface area (Å²) in [6.07, 6.45) is 3.00. The molecule has 3 aromatic rings. The van der Waals surface area contributed by atoms with Gasteiger partial charge in [-0.1, -0.05) is 17.7 Å². The topological polar surface area (TPSA) is 117 Å². The van der Waals surface area contributed by atoms with Gasteiger partial charge in [-0.15, -0.1) is 0 Å². The number of carbonyl (C=O) groups excluding carboxylic acids is 1. The second-order valence-electron chi connectivity index (χ2n) is 4.66. The maximum Gasteiger partial charge on any atom is 0.257 e. The number of aromatic nitrogens is 3. The molecule has 2 aromatic heterocycles. The van der Waals surface area contributed by atoms with Crippen LogP contribution in [0, 0.1) is 5.41 Å². The molecule has 3 rings (SSSR count). The predicted octanol–water partition coefficient (Wildman–Crippen LogP) is 2.81. The number of halogens is 1. The van der Waals surface area contributed by atoms with Crippen LogP contribution >= 0.6 is 11.6 Å². The summed E-state index contributed by atoms with van der Waals surface area (Å²) in [4.78, 5) is 16.0. The monoisotopic (exact) mass is 342 g/mol. The summed E-state index contributed by atoms with van der Waals surface area (Å²) in [6, 6.07) is 9.96. The lowest BCUT2D eigenvalue weighted by Gasteiger charge is -2.07. The Kier molecular flexibility index (Phi) is 4.48. The summed E-state index contributed by atoms with van der Waals surface area (Å²) in [5.74, 6) is -0.468. The highest BCUT2D eigenvalue weighted by Crippen LogP contribution is 2.17. The van der Waals surface area contributed by atoms with Crippen LogP contribution in [0.1, 0.15) is 16.1 Å². The van der Waals surface area contributed by atoms with E-state index in [1.165, 1.54) is 12.4 Å². The Balaban J connectivity index is 1.75. The third-order valence-corrected chi connectivity index (χ3v) is 3.23. The molecule has 0 bridgehead atoms. The number of amides is 1. The molecule has 0 aliphatic rings. The zero-order valence-corrected chi connectivity index (χ0v) is 12.9. The second-order valence-corrected chi connectivity index (χ2v) is 5.10. The Morgan fingerprint density at radius 2 is 1.92 bits per heavy atom. The lowest BCUT2D eigenvalue weighted by atomic mass is 10.2. The summed E-state index contributed by atoms with van der Waals surface area (Å²) in [7, 11) is 0. The summed E-state index contributed by atoms with van der Waals surface area (Å²) in [5, 5.41) is 21.2. The number of anilines is 2. The number of carbonyl (C=O) groups is 1. The van der Waals surface area contributed by atoms with Gasteiger partial charge in [-0.2, -0.15) is 0 Å². The molecule has 120 valence electrons. The normalized spacial score (nSPS) is 10.2. The molecule has 9 heteroatoms. The minimum Gasteiger partial charge on any atom is -0.339 e. The molecule has 1 amide bonds. The predicted molar refractivity (Wildman–Crippen MR) is 88.4 cm³/mol. The van der Waals surface area contributed by atoms with Gasteiger partial charge in [0.15, 0.2) is 11.5 Å². The highest BCUT2D eigenvalue weighted by Gasteiger charge is 2.18. The van der Waals surface area contributed by atoms with Crippen LogP contribution in [0.15, 0.2) is 53.4 Å². The molecular weight excluding hydrogens is 332 g/mol. The van der Waals surface area contributed by atoms with Crippen LogP contribution in [0.3, 0.4) is 0 Å². The van der Waals surface area contributed by atoms with E-state index in [4.69, 9.17) is 17.0 Å². The number of nitrogens with zero attached hydrogens (tertiary/aromatic N) is 3. The summed E-state index contributed by atoms with van der Waals surface area (Å²) >= 11 is 5.90. The van der Waals surface area contributed by atoms with Gasteiger partial charge >= 0.3 is 0 Å². The summed E-state index contributed by atoms with van der Waals surface area (Å²) in [6.45, 7) is 0. The van der Waals surface area contributed by atoms with E-state index in [1.807, 2.05) is 0 Å². The Morgan fingerprint density at radius 1 is 1.12 bits per heavy atom. The molecule has 0 atom stereocenters. The van der Waals surface area contributed by atoms with Crippen molar-refractivity contribution in [1.29, 1.82) is 5.41 Å². The van der Waals surface area contributed by atoms with Gasteiger partial charge in [0.05, 0.1) is 0 Å². The summed E-state index contributed by atoms with van der Waals surface area (Å²) in [5.41, 5.74) is 1.06. The van der Waals surface area contributed by atoms with Gasteiger partial charge in [0, 0.05) is 28.7 Å². The van der Waals surface area contributed by atoms with Crippen LogP contribution in [-0.4, -0.2) is 27.0 Å². The number of benzene rings is 1. The molecule has 8 nitrogen and oxygen atoms in total. The third-order valence-electron chi connectivity index (χ3n) is 2.99. The first-order valence-corrected chi connectivity index (χ1v) is 7.17. The average Bonchev–Trinajstić information content (AvgIpc) is 3.04. The van der Waals surface area contributed by atoms with Crippen LogP contribution in [0.2, 0.25) is 5.02 Å². The number of hydrogen-bond donors (Lipinski definition) is 3. The number of pyridine rings is 1. The fourth-order valence-electron chi connectivity index (χ4n) is 1.89. The molecule has 24 heavy (non-hydrogen) atoms. The van der Waals surface area contributed by atoms with E-state index in [1.54, 1.807) is 36.4 Å². The smallest absolute Gasteiger partial charge is 0.257 e.